The SMILES string of the molecule is C#CCCC(=O)Nc1cnc(Cl)c(C)c1. The lowest BCUT2D eigenvalue weighted by molar-refractivity contribution is -0.116. The smallest absolute Gasteiger partial charge is 0.225 e. The van der Waals surface area contributed by atoms with Gasteiger partial charge < -0.3 is 5.32 Å². The van der Waals surface area contributed by atoms with Crippen LogP contribution in [-0.4, -0.2) is 10.9 Å². The van der Waals surface area contributed by atoms with Gasteiger partial charge in [0, 0.05) is 12.8 Å². The minimum absolute atomic E-state index is 0.114. The first-order valence-corrected chi connectivity index (χ1v) is 4.86. The van der Waals surface area contributed by atoms with Crippen LogP contribution < -0.4 is 5.32 Å². The van der Waals surface area contributed by atoms with E-state index in [0.29, 0.717) is 23.7 Å². The van der Waals surface area contributed by atoms with Crippen LogP contribution in [0, 0.1) is 19.3 Å². The van der Waals surface area contributed by atoms with Gasteiger partial charge in [0.15, 0.2) is 0 Å². The molecule has 1 rings (SSSR count). The molecule has 15 heavy (non-hydrogen) atoms. The molecule has 0 saturated carbocycles. The van der Waals surface area contributed by atoms with Gasteiger partial charge in [-0.1, -0.05) is 11.6 Å². The molecule has 1 aromatic rings. The molecule has 0 atom stereocenters. The largest absolute Gasteiger partial charge is 0.325 e. The van der Waals surface area contributed by atoms with E-state index in [-0.39, 0.29) is 5.91 Å². The third-order valence-corrected chi connectivity index (χ3v) is 2.19. The zero-order valence-electron chi connectivity index (χ0n) is 8.38. The molecule has 78 valence electrons. The van der Waals surface area contributed by atoms with E-state index in [1.54, 1.807) is 6.07 Å². The highest BCUT2D eigenvalue weighted by Crippen LogP contribution is 2.16. The summed E-state index contributed by atoms with van der Waals surface area (Å²) in [7, 11) is 0. The third kappa shape index (κ3) is 3.61. The summed E-state index contributed by atoms with van der Waals surface area (Å²) in [6.45, 7) is 1.83. The molecule has 4 heteroatoms. The van der Waals surface area contributed by atoms with E-state index in [0.717, 1.165) is 5.56 Å². The van der Waals surface area contributed by atoms with Gasteiger partial charge in [0.05, 0.1) is 11.9 Å². The standard InChI is InChI=1S/C11H11ClN2O/c1-3-4-5-10(15)14-9-6-8(2)11(12)13-7-9/h1,6-7H,4-5H2,2H3,(H,14,15). The van der Waals surface area contributed by atoms with Crippen LogP contribution in [0.15, 0.2) is 12.3 Å². The van der Waals surface area contributed by atoms with Crippen molar-refractivity contribution in [3.8, 4) is 12.3 Å². The van der Waals surface area contributed by atoms with E-state index < -0.39 is 0 Å². The second-order valence-electron chi connectivity index (χ2n) is 3.08. The van der Waals surface area contributed by atoms with Gasteiger partial charge in [-0.3, -0.25) is 4.79 Å². The highest BCUT2D eigenvalue weighted by atomic mass is 35.5. The molecule has 1 heterocycles. The molecule has 0 radical (unpaired) electrons. The minimum Gasteiger partial charge on any atom is -0.325 e. The Hall–Kier alpha value is -1.53. The van der Waals surface area contributed by atoms with E-state index in [2.05, 4.69) is 16.2 Å². The number of amides is 1. The van der Waals surface area contributed by atoms with E-state index in [4.69, 9.17) is 18.0 Å². The van der Waals surface area contributed by atoms with Gasteiger partial charge in [0.2, 0.25) is 5.91 Å². The number of anilines is 1. The fourth-order valence-corrected chi connectivity index (χ4v) is 1.14. The maximum Gasteiger partial charge on any atom is 0.225 e. The van der Waals surface area contributed by atoms with Crippen molar-refractivity contribution in [2.75, 3.05) is 5.32 Å². The fourth-order valence-electron chi connectivity index (χ4n) is 1.04. The van der Waals surface area contributed by atoms with Crippen LogP contribution in [0.4, 0.5) is 5.69 Å². The molecule has 0 unspecified atom stereocenters. The van der Waals surface area contributed by atoms with Crippen LogP contribution >= 0.6 is 11.6 Å². The topological polar surface area (TPSA) is 42.0 Å². The van der Waals surface area contributed by atoms with Crippen molar-refractivity contribution in [3.63, 3.8) is 0 Å². The maximum atomic E-state index is 11.3. The van der Waals surface area contributed by atoms with Crippen LogP contribution in [-0.2, 0) is 4.79 Å². The average Bonchev–Trinajstić information content (AvgIpc) is 2.20. The lowest BCUT2D eigenvalue weighted by Crippen LogP contribution is -2.11. The second-order valence-corrected chi connectivity index (χ2v) is 3.44. The number of terminal acetylenes is 1. The number of nitrogens with zero attached hydrogens (tertiary/aromatic N) is 1. The quantitative estimate of drug-likeness (QED) is 0.630. The molecule has 0 aliphatic carbocycles. The first-order valence-electron chi connectivity index (χ1n) is 4.49. The number of nitrogens with one attached hydrogen (secondary N) is 1. The van der Waals surface area contributed by atoms with Crippen LogP contribution in [0.5, 0.6) is 0 Å². The Morgan fingerprint density at radius 1 is 1.73 bits per heavy atom. The van der Waals surface area contributed by atoms with Crippen molar-refractivity contribution in [3.05, 3.63) is 23.0 Å². The van der Waals surface area contributed by atoms with Crippen LogP contribution in [0.2, 0.25) is 5.15 Å². The number of aromatic nitrogens is 1. The molecule has 0 aliphatic heterocycles. The molecule has 1 N–H and O–H groups in total. The monoisotopic (exact) mass is 222 g/mol. The Bertz CT molecular complexity index is 410. The predicted octanol–water partition coefficient (Wildman–Crippen LogP) is 2.40. The van der Waals surface area contributed by atoms with Gasteiger partial charge in [-0.15, -0.1) is 12.3 Å². The summed E-state index contributed by atoms with van der Waals surface area (Å²) >= 11 is 5.75. The second kappa shape index (κ2) is 5.38. The molecule has 3 nitrogen and oxygen atoms in total. The number of hydrogen-bond acceptors (Lipinski definition) is 2. The zero-order chi connectivity index (χ0) is 11.3. The van der Waals surface area contributed by atoms with Crippen molar-refractivity contribution in [2.24, 2.45) is 0 Å². The van der Waals surface area contributed by atoms with Crippen LogP contribution in [0.3, 0.4) is 0 Å². The van der Waals surface area contributed by atoms with Crippen molar-refractivity contribution in [1.29, 1.82) is 0 Å². The molecule has 1 aromatic heterocycles. The number of aryl methyl sites for hydroxylation is 1. The average molecular weight is 223 g/mol. The molecule has 0 spiro atoms. The number of carbonyl (C=O) groups is 1. The summed E-state index contributed by atoms with van der Waals surface area (Å²) in [6, 6.07) is 1.77. The molecule has 0 bridgehead atoms. The van der Waals surface area contributed by atoms with E-state index in [9.17, 15) is 4.79 Å². The van der Waals surface area contributed by atoms with E-state index in [1.807, 2.05) is 6.92 Å². The number of hydrogen-bond donors (Lipinski definition) is 1. The summed E-state index contributed by atoms with van der Waals surface area (Å²) in [5.74, 6) is 2.29. The van der Waals surface area contributed by atoms with Gasteiger partial charge in [0.1, 0.15) is 5.15 Å². The fraction of sp³-hybridized carbons (Fsp3) is 0.273. The third-order valence-electron chi connectivity index (χ3n) is 1.79. The van der Waals surface area contributed by atoms with Crippen molar-refractivity contribution in [2.45, 2.75) is 19.8 Å². The van der Waals surface area contributed by atoms with E-state index >= 15 is 0 Å². The molecule has 1 amide bonds. The summed E-state index contributed by atoms with van der Waals surface area (Å²) in [5.41, 5.74) is 1.46. The predicted molar refractivity (Wildman–Crippen MR) is 60.7 cm³/mol. The highest BCUT2D eigenvalue weighted by molar-refractivity contribution is 6.30. The number of carbonyl (C=O) groups excluding carboxylic acids is 1. The van der Waals surface area contributed by atoms with Gasteiger partial charge in [-0.25, -0.2) is 4.98 Å². The summed E-state index contributed by atoms with van der Waals surface area (Å²) in [5, 5.41) is 3.13. The lowest BCUT2D eigenvalue weighted by atomic mass is 10.2. The van der Waals surface area contributed by atoms with Crippen LogP contribution in [0.1, 0.15) is 18.4 Å². The molecule has 0 fully saturated rings. The Morgan fingerprint density at radius 3 is 3.07 bits per heavy atom. The van der Waals surface area contributed by atoms with Crippen LogP contribution in [0.25, 0.3) is 0 Å². The number of rotatable bonds is 3. The number of pyridine rings is 1. The molecule has 0 aromatic carbocycles. The molecular weight excluding hydrogens is 212 g/mol. The summed E-state index contributed by atoms with van der Waals surface area (Å²) < 4.78 is 0. The lowest BCUT2D eigenvalue weighted by Gasteiger charge is -2.04. The maximum absolute atomic E-state index is 11.3. The molecule has 0 aliphatic rings. The first kappa shape index (κ1) is 11.5. The highest BCUT2D eigenvalue weighted by Gasteiger charge is 2.03. The van der Waals surface area contributed by atoms with Crippen molar-refractivity contribution in [1.82, 2.24) is 4.98 Å². The molecule has 0 saturated heterocycles. The molecular formula is C11H11ClN2O. The minimum atomic E-state index is -0.114. The Morgan fingerprint density at radius 2 is 2.47 bits per heavy atom. The first-order chi connectivity index (χ1) is 7.13. The van der Waals surface area contributed by atoms with Crippen molar-refractivity contribution >= 4 is 23.2 Å². The Labute approximate surface area is 93.9 Å². The van der Waals surface area contributed by atoms with Gasteiger partial charge in [-0.2, -0.15) is 0 Å². The normalized spacial score (nSPS) is 9.40. The number of halogens is 1. The van der Waals surface area contributed by atoms with Gasteiger partial charge in [0.25, 0.3) is 0 Å². The van der Waals surface area contributed by atoms with Gasteiger partial charge in [-0.05, 0) is 18.6 Å². The van der Waals surface area contributed by atoms with E-state index in [1.165, 1.54) is 6.20 Å². The van der Waals surface area contributed by atoms with Crippen molar-refractivity contribution < 1.29 is 4.79 Å². The zero-order valence-corrected chi connectivity index (χ0v) is 9.14. The Balaban J connectivity index is 2.62. The van der Waals surface area contributed by atoms with Gasteiger partial charge >= 0.3 is 0 Å². The summed E-state index contributed by atoms with van der Waals surface area (Å²) in [4.78, 5) is 15.2. The Kier molecular flexibility index (Phi) is 4.14. The summed E-state index contributed by atoms with van der Waals surface area (Å²) in [6.07, 6.45) is 7.33.